The average molecular weight is 311 g/mol. The van der Waals surface area contributed by atoms with Gasteiger partial charge >= 0.3 is 5.97 Å². The van der Waals surface area contributed by atoms with Crippen molar-refractivity contribution >= 4 is 16.0 Å². The van der Waals surface area contributed by atoms with E-state index < -0.39 is 27.2 Å². The van der Waals surface area contributed by atoms with Gasteiger partial charge in [0.05, 0.1) is 18.3 Å². The lowest BCUT2D eigenvalue weighted by Crippen LogP contribution is -2.39. The third kappa shape index (κ3) is 3.63. The monoisotopic (exact) mass is 311 g/mol. The average Bonchev–Trinajstić information content (AvgIpc) is 2.96. The van der Waals surface area contributed by atoms with Crippen molar-refractivity contribution in [1.29, 1.82) is 0 Å². The number of sulfonamides is 1. The van der Waals surface area contributed by atoms with Crippen LogP contribution in [0.5, 0.6) is 0 Å². The second-order valence-electron chi connectivity index (χ2n) is 5.39. The topological polar surface area (TPSA) is 72.5 Å². The number of rotatable bonds is 5. The Balaban J connectivity index is 2.08. The molecule has 2 rings (SSSR count). The number of ether oxygens (including phenoxy) is 1. The number of hydrogen-bond acceptors (Lipinski definition) is 4. The smallest absolute Gasteiger partial charge is 0.310 e. The fourth-order valence-corrected chi connectivity index (χ4v) is 4.54. The maximum absolute atomic E-state index is 12.4. The molecule has 21 heavy (non-hydrogen) atoms. The highest BCUT2D eigenvalue weighted by Crippen LogP contribution is 2.31. The van der Waals surface area contributed by atoms with E-state index in [1.165, 1.54) is 7.11 Å². The highest BCUT2D eigenvalue weighted by molar-refractivity contribution is 7.90. The minimum absolute atomic E-state index is 0.249. The summed E-state index contributed by atoms with van der Waals surface area (Å²) in [4.78, 5) is 11.7. The minimum Gasteiger partial charge on any atom is -0.469 e. The molecule has 2 atom stereocenters. The van der Waals surface area contributed by atoms with Gasteiger partial charge in [-0.2, -0.15) is 0 Å². The van der Waals surface area contributed by atoms with E-state index >= 15 is 0 Å². The third-order valence-electron chi connectivity index (χ3n) is 4.08. The maximum Gasteiger partial charge on any atom is 0.310 e. The molecule has 0 aromatic heterocycles. The van der Waals surface area contributed by atoms with Crippen LogP contribution in [0.3, 0.4) is 0 Å². The summed E-state index contributed by atoms with van der Waals surface area (Å²) in [7, 11) is -2.23. The molecule has 0 aliphatic heterocycles. The second kappa shape index (κ2) is 6.58. The molecule has 1 aromatic rings. The van der Waals surface area contributed by atoms with Crippen LogP contribution in [-0.4, -0.2) is 26.7 Å². The molecule has 1 aromatic carbocycles. The molecular formula is C15H21NO4S. The standard InChI is InChI=1S/C15H21NO4S/c1-11-6-3-4-7-12(11)10-16-21(18,19)14-9-5-8-13(14)15(17)20-2/h3-4,6-7,13-14,16H,5,8-10H2,1-2H3. The Morgan fingerprint density at radius 3 is 2.71 bits per heavy atom. The Morgan fingerprint density at radius 1 is 1.33 bits per heavy atom. The molecule has 0 spiro atoms. The van der Waals surface area contributed by atoms with Crippen LogP contribution in [0.1, 0.15) is 30.4 Å². The Bertz CT molecular complexity index is 612. The van der Waals surface area contributed by atoms with Crippen molar-refractivity contribution in [3.8, 4) is 0 Å². The SMILES string of the molecule is COC(=O)C1CCCC1S(=O)(=O)NCc1ccccc1C. The van der Waals surface area contributed by atoms with Crippen LogP contribution < -0.4 is 4.72 Å². The Kier molecular flexibility index (Phi) is 5.00. The molecule has 1 saturated carbocycles. The van der Waals surface area contributed by atoms with Crippen LogP contribution >= 0.6 is 0 Å². The van der Waals surface area contributed by atoms with Crippen LogP contribution in [-0.2, 0) is 26.1 Å². The molecule has 116 valence electrons. The van der Waals surface area contributed by atoms with Gasteiger partial charge < -0.3 is 4.74 Å². The van der Waals surface area contributed by atoms with Crippen LogP contribution in [0.25, 0.3) is 0 Å². The summed E-state index contributed by atoms with van der Waals surface area (Å²) < 4.78 is 32.2. The van der Waals surface area contributed by atoms with Crippen molar-refractivity contribution in [3.63, 3.8) is 0 Å². The minimum atomic E-state index is -3.53. The van der Waals surface area contributed by atoms with E-state index in [0.29, 0.717) is 12.8 Å². The summed E-state index contributed by atoms with van der Waals surface area (Å²) >= 11 is 0. The van der Waals surface area contributed by atoms with Crippen molar-refractivity contribution in [2.45, 2.75) is 38.0 Å². The summed E-state index contributed by atoms with van der Waals surface area (Å²) in [6, 6.07) is 7.63. The zero-order chi connectivity index (χ0) is 15.5. The lowest BCUT2D eigenvalue weighted by molar-refractivity contribution is -0.145. The summed E-state index contributed by atoms with van der Waals surface area (Å²) in [5.74, 6) is -0.983. The van der Waals surface area contributed by atoms with Gasteiger partial charge in [-0.3, -0.25) is 4.79 Å². The summed E-state index contributed by atoms with van der Waals surface area (Å²) in [5.41, 5.74) is 1.98. The van der Waals surface area contributed by atoms with Gasteiger partial charge in [-0.25, -0.2) is 13.1 Å². The van der Waals surface area contributed by atoms with Crippen LogP contribution in [0, 0.1) is 12.8 Å². The van der Waals surface area contributed by atoms with E-state index in [2.05, 4.69) is 4.72 Å². The molecular weight excluding hydrogens is 290 g/mol. The van der Waals surface area contributed by atoms with Crippen LogP contribution in [0.4, 0.5) is 0 Å². The molecule has 1 aliphatic rings. The van der Waals surface area contributed by atoms with E-state index in [1.807, 2.05) is 31.2 Å². The molecule has 0 bridgehead atoms. The predicted molar refractivity (Wildman–Crippen MR) is 80.1 cm³/mol. The van der Waals surface area contributed by atoms with Crippen molar-refractivity contribution in [1.82, 2.24) is 4.72 Å². The number of hydrogen-bond donors (Lipinski definition) is 1. The number of esters is 1. The first-order valence-electron chi connectivity index (χ1n) is 7.06. The van der Waals surface area contributed by atoms with Crippen molar-refractivity contribution in [3.05, 3.63) is 35.4 Å². The van der Waals surface area contributed by atoms with Gasteiger partial charge in [-0.15, -0.1) is 0 Å². The van der Waals surface area contributed by atoms with Gasteiger partial charge in [-0.1, -0.05) is 30.7 Å². The number of carbonyl (C=O) groups excluding carboxylic acids is 1. The van der Waals surface area contributed by atoms with E-state index in [9.17, 15) is 13.2 Å². The molecule has 6 heteroatoms. The van der Waals surface area contributed by atoms with Gasteiger partial charge in [0, 0.05) is 6.54 Å². The lowest BCUT2D eigenvalue weighted by atomic mass is 10.1. The van der Waals surface area contributed by atoms with E-state index in [4.69, 9.17) is 4.74 Å². The van der Waals surface area contributed by atoms with E-state index in [1.54, 1.807) is 0 Å². The predicted octanol–water partition coefficient (Wildman–Crippen LogP) is 1.76. The first-order valence-corrected chi connectivity index (χ1v) is 8.61. The fraction of sp³-hybridized carbons (Fsp3) is 0.533. The summed E-state index contributed by atoms with van der Waals surface area (Å²) in [6.07, 6.45) is 1.81. The van der Waals surface area contributed by atoms with Gasteiger partial charge in [-0.05, 0) is 30.9 Å². The highest BCUT2D eigenvalue weighted by Gasteiger charge is 2.41. The van der Waals surface area contributed by atoms with Crippen molar-refractivity contribution in [2.75, 3.05) is 7.11 Å². The Morgan fingerprint density at radius 2 is 2.05 bits per heavy atom. The van der Waals surface area contributed by atoms with Crippen molar-refractivity contribution in [2.24, 2.45) is 5.92 Å². The Labute approximate surface area is 125 Å². The molecule has 2 unspecified atom stereocenters. The third-order valence-corrected chi connectivity index (χ3v) is 5.99. The fourth-order valence-electron chi connectivity index (χ4n) is 2.81. The first-order chi connectivity index (χ1) is 9.95. The van der Waals surface area contributed by atoms with Crippen LogP contribution in [0.2, 0.25) is 0 Å². The van der Waals surface area contributed by atoms with Gasteiger partial charge in [0.1, 0.15) is 0 Å². The largest absolute Gasteiger partial charge is 0.469 e. The molecule has 0 amide bonds. The number of nitrogens with one attached hydrogen (secondary N) is 1. The number of benzene rings is 1. The molecule has 1 N–H and O–H groups in total. The second-order valence-corrected chi connectivity index (χ2v) is 7.38. The highest BCUT2D eigenvalue weighted by atomic mass is 32.2. The van der Waals surface area contributed by atoms with Gasteiger partial charge in [0.15, 0.2) is 0 Å². The molecule has 5 nitrogen and oxygen atoms in total. The number of methoxy groups -OCH3 is 1. The van der Waals surface area contributed by atoms with E-state index in [-0.39, 0.29) is 6.54 Å². The van der Waals surface area contributed by atoms with E-state index in [0.717, 1.165) is 17.5 Å². The lowest BCUT2D eigenvalue weighted by Gasteiger charge is -2.19. The maximum atomic E-state index is 12.4. The first kappa shape index (κ1) is 16.0. The zero-order valence-electron chi connectivity index (χ0n) is 12.3. The van der Waals surface area contributed by atoms with Gasteiger partial charge in [0.25, 0.3) is 0 Å². The quantitative estimate of drug-likeness (QED) is 0.841. The molecule has 0 heterocycles. The Hall–Kier alpha value is -1.40. The normalized spacial score (nSPS) is 22.2. The van der Waals surface area contributed by atoms with Crippen LogP contribution in [0.15, 0.2) is 24.3 Å². The summed E-state index contributed by atoms with van der Waals surface area (Å²) in [5, 5.41) is -0.686. The molecule has 0 saturated heterocycles. The summed E-state index contributed by atoms with van der Waals surface area (Å²) in [6.45, 7) is 2.19. The number of carbonyl (C=O) groups is 1. The zero-order valence-corrected chi connectivity index (χ0v) is 13.2. The van der Waals surface area contributed by atoms with Crippen molar-refractivity contribution < 1.29 is 17.9 Å². The van der Waals surface area contributed by atoms with Gasteiger partial charge in [0.2, 0.25) is 10.0 Å². The molecule has 1 fully saturated rings. The number of aryl methyl sites for hydroxylation is 1. The molecule has 0 radical (unpaired) electrons. The molecule has 1 aliphatic carbocycles.